The van der Waals surface area contributed by atoms with Gasteiger partial charge in [0.15, 0.2) is 0 Å². The molecule has 0 aromatic rings. The van der Waals surface area contributed by atoms with Crippen LogP contribution in [0.5, 0.6) is 0 Å². The van der Waals surface area contributed by atoms with Gasteiger partial charge in [0, 0.05) is 0 Å². The van der Waals surface area contributed by atoms with Gasteiger partial charge in [0.05, 0.1) is 0 Å². The molecule has 0 saturated heterocycles. The molecule has 7 heavy (non-hydrogen) atoms. The van der Waals surface area contributed by atoms with E-state index in [1.807, 2.05) is 0 Å². The largest absolute Gasteiger partial charge is 2.00 e. The van der Waals surface area contributed by atoms with E-state index in [2.05, 4.69) is 0 Å². The molecule has 0 saturated carbocycles. The van der Waals surface area contributed by atoms with Crippen LogP contribution in [0.15, 0.2) is 0 Å². The Morgan fingerprint density at radius 2 is 1.29 bits per heavy atom. The SMILES string of the molecule is O=C([O-])[O-].[Ca+2].[Mg+2].[OH-]. The molecule has 0 unspecified atom stereocenters. The van der Waals surface area contributed by atoms with E-state index in [1.54, 1.807) is 0 Å². The van der Waals surface area contributed by atoms with Crippen molar-refractivity contribution < 1.29 is 20.5 Å². The quantitative estimate of drug-likeness (QED) is 0.329. The number of hydrogen-bond acceptors (Lipinski definition) is 4. The molecule has 1 N–H and O–H groups in total. The van der Waals surface area contributed by atoms with Crippen LogP contribution < -0.4 is 10.2 Å². The molecule has 0 aromatic heterocycles. The monoisotopic (exact) mass is 141 g/mol. The Labute approximate surface area is 86.4 Å². The third kappa shape index (κ3) is 127. The van der Waals surface area contributed by atoms with Gasteiger partial charge >= 0.3 is 60.8 Å². The van der Waals surface area contributed by atoms with Crippen LogP contribution in [0.3, 0.4) is 0 Å². The molecule has 6 heteroatoms. The minimum atomic E-state index is -2.33. The van der Waals surface area contributed by atoms with Crippen molar-refractivity contribution in [2.75, 3.05) is 0 Å². The zero-order valence-corrected chi connectivity index (χ0v) is 7.21. The molecule has 32 valence electrons. The van der Waals surface area contributed by atoms with Gasteiger partial charge in [-0.1, -0.05) is 0 Å². The molecule has 0 radical (unpaired) electrons. The zero-order chi connectivity index (χ0) is 3.58. The van der Waals surface area contributed by atoms with Gasteiger partial charge in [0.2, 0.25) is 0 Å². The van der Waals surface area contributed by atoms with Gasteiger partial charge in [-0.25, -0.2) is 0 Å². The third-order valence-corrected chi connectivity index (χ3v) is 0. The molecule has 0 aliphatic carbocycles. The number of carboxylic acid groups (broad SMARTS) is 2. The van der Waals surface area contributed by atoms with E-state index >= 15 is 0 Å². The van der Waals surface area contributed by atoms with E-state index in [0.29, 0.717) is 0 Å². The van der Waals surface area contributed by atoms with Crippen LogP contribution in [0, 0.1) is 0 Å². The molecule has 0 aromatic carbocycles. The fourth-order valence-corrected chi connectivity index (χ4v) is 0. The molecule has 0 bridgehead atoms. The van der Waals surface area contributed by atoms with Crippen molar-refractivity contribution in [3.8, 4) is 0 Å². The summed E-state index contributed by atoms with van der Waals surface area (Å²) in [6.45, 7) is 0. The summed E-state index contributed by atoms with van der Waals surface area (Å²) in [7, 11) is 0. The van der Waals surface area contributed by atoms with Gasteiger partial charge in [0.1, 0.15) is 0 Å². The minimum absolute atomic E-state index is 0. The second-order valence-corrected chi connectivity index (χ2v) is 0.250. The predicted molar refractivity (Wildman–Crippen MR) is 18.8 cm³/mol. The fraction of sp³-hybridized carbons (Fsp3) is 0. The molecule has 0 heterocycles. The Balaban J connectivity index is -0.0000000150. The summed E-state index contributed by atoms with van der Waals surface area (Å²) in [4.78, 5) is 8.33. The van der Waals surface area contributed by atoms with E-state index in [-0.39, 0.29) is 66.3 Å². The van der Waals surface area contributed by atoms with E-state index in [1.165, 1.54) is 0 Å². The van der Waals surface area contributed by atoms with Crippen molar-refractivity contribution in [3.63, 3.8) is 0 Å². The Morgan fingerprint density at radius 1 is 1.29 bits per heavy atom. The van der Waals surface area contributed by atoms with Crippen LogP contribution in [0.1, 0.15) is 0 Å². The molecule has 0 aliphatic heterocycles. The summed E-state index contributed by atoms with van der Waals surface area (Å²) < 4.78 is 0. The summed E-state index contributed by atoms with van der Waals surface area (Å²) >= 11 is 0. The first kappa shape index (κ1) is 24.0. The first-order valence-corrected chi connectivity index (χ1v) is 0.612. The summed E-state index contributed by atoms with van der Waals surface area (Å²) in [6.07, 6.45) is -2.33. The number of carbonyl (C=O) groups excluding carboxylic acids is 1. The van der Waals surface area contributed by atoms with E-state index in [4.69, 9.17) is 15.0 Å². The summed E-state index contributed by atoms with van der Waals surface area (Å²) in [6, 6.07) is 0. The summed E-state index contributed by atoms with van der Waals surface area (Å²) in [5, 5.41) is 16.7. The average molecular weight is 141 g/mol. The Morgan fingerprint density at radius 3 is 1.29 bits per heavy atom. The maximum Gasteiger partial charge on any atom is 2.00 e. The van der Waals surface area contributed by atoms with Gasteiger partial charge in [-0.05, 0) is 6.16 Å². The third-order valence-electron chi connectivity index (χ3n) is 0. The van der Waals surface area contributed by atoms with Crippen molar-refractivity contribution in [2.24, 2.45) is 0 Å². The van der Waals surface area contributed by atoms with Gasteiger partial charge < -0.3 is 20.5 Å². The Bertz CT molecular complexity index is 34.7. The van der Waals surface area contributed by atoms with Crippen molar-refractivity contribution >= 4 is 66.9 Å². The molecule has 4 nitrogen and oxygen atoms in total. The first-order chi connectivity index (χ1) is 1.73. The molecule has 0 rings (SSSR count). The molecular weight excluding hydrogens is 140 g/mol. The maximum atomic E-state index is 8.33. The Kier molecular flexibility index (Phi) is 53.7. The van der Waals surface area contributed by atoms with Gasteiger partial charge in [-0.3, -0.25) is 0 Å². The van der Waals surface area contributed by atoms with Gasteiger partial charge in [-0.2, -0.15) is 0 Å². The minimum Gasteiger partial charge on any atom is -0.870 e. The predicted octanol–water partition coefficient (Wildman–Crippen LogP) is -3.39. The van der Waals surface area contributed by atoms with Gasteiger partial charge in [0.25, 0.3) is 0 Å². The van der Waals surface area contributed by atoms with Crippen LogP contribution in [0.25, 0.3) is 0 Å². The summed E-state index contributed by atoms with van der Waals surface area (Å²) in [5.41, 5.74) is 0. The number of hydrogen-bond donors (Lipinski definition) is 0. The molecule has 0 atom stereocenters. The average Bonchev–Trinajstić information content (AvgIpc) is 0.811. The molecule has 0 amide bonds. The van der Waals surface area contributed by atoms with Crippen molar-refractivity contribution in [1.82, 2.24) is 0 Å². The smallest absolute Gasteiger partial charge is 0.870 e. The molecule has 0 aliphatic rings. The summed E-state index contributed by atoms with van der Waals surface area (Å²) in [5.74, 6) is 0. The van der Waals surface area contributed by atoms with Crippen LogP contribution >= 0.6 is 0 Å². The van der Waals surface area contributed by atoms with Gasteiger partial charge in [-0.15, -0.1) is 0 Å². The van der Waals surface area contributed by atoms with Crippen molar-refractivity contribution in [2.45, 2.75) is 0 Å². The topological polar surface area (TPSA) is 93.2 Å². The van der Waals surface area contributed by atoms with E-state index in [9.17, 15) is 0 Å². The normalized spacial score (nSPS) is 3.43. The molecular formula is CHCaMgO4+. The van der Waals surface area contributed by atoms with E-state index < -0.39 is 6.16 Å². The zero-order valence-electron chi connectivity index (χ0n) is 3.59. The molecule has 0 spiro atoms. The van der Waals surface area contributed by atoms with Crippen LogP contribution in [0.2, 0.25) is 0 Å². The maximum absolute atomic E-state index is 8.33. The van der Waals surface area contributed by atoms with Crippen molar-refractivity contribution in [1.29, 1.82) is 0 Å². The van der Waals surface area contributed by atoms with E-state index in [0.717, 1.165) is 0 Å². The number of rotatable bonds is 0. The first-order valence-electron chi connectivity index (χ1n) is 0.612. The second kappa shape index (κ2) is 15.7. The number of carbonyl (C=O) groups is 1. The van der Waals surface area contributed by atoms with Crippen molar-refractivity contribution in [3.05, 3.63) is 0 Å². The van der Waals surface area contributed by atoms with Crippen LogP contribution in [-0.4, -0.2) is 72.4 Å². The van der Waals surface area contributed by atoms with Crippen LogP contribution in [0.4, 0.5) is 4.79 Å². The van der Waals surface area contributed by atoms with Crippen LogP contribution in [-0.2, 0) is 0 Å². The Hall–Kier alpha value is 1.26. The standard InChI is InChI=1S/CH2O3.Ca.Mg.H2O/c2-1(3)4;;;/h(H2,2,3,4);;;1H2/q;2*+2;/p-3. The molecule has 0 fully saturated rings. The second-order valence-electron chi connectivity index (χ2n) is 0.250. The fourth-order valence-electron chi connectivity index (χ4n) is 0.